The minimum Gasteiger partial charge on any atom is -0.348 e. The van der Waals surface area contributed by atoms with Crippen molar-refractivity contribution in [2.75, 3.05) is 13.1 Å². The number of carbonyl (C=O) groups excluding carboxylic acids is 2. The molecule has 1 aliphatic rings. The Kier molecular flexibility index (Phi) is 6.05. The van der Waals surface area contributed by atoms with E-state index >= 15 is 0 Å². The molecule has 0 aliphatic carbocycles. The number of benzene rings is 2. The summed E-state index contributed by atoms with van der Waals surface area (Å²) in [6.45, 7) is 4.12. The van der Waals surface area contributed by atoms with Gasteiger partial charge in [-0.25, -0.2) is 0 Å². The van der Waals surface area contributed by atoms with E-state index in [0.29, 0.717) is 17.7 Å². The topological polar surface area (TPSA) is 49.4 Å². The first-order chi connectivity index (χ1) is 12.6. The summed E-state index contributed by atoms with van der Waals surface area (Å²) in [7, 11) is 0. The second-order valence-electron chi connectivity index (χ2n) is 6.96. The van der Waals surface area contributed by atoms with Crippen molar-refractivity contribution in [2.24, 2.45) is 0 Å². The SMILES string of the molecule is Cc1cccc(CNC(=O)c2cccc(C(=O)N3CCCCCC3)c2)c1. The van der Waals surface area contributed by atoms with Crippen molar-refractivity contribution in [3.05, 3.63) is 70.8 Å². The third-order valence-electron chi connectivity index (χ3n) is 4.80. The van der Waals surface area contributed by atoms with Crippen LogP contribution in [0.5, 0.6) is 0 Å². The van der Waals surface area contributed by atoms with Gasteiger partial charge >= 0.3 is 0 Å². The van der Waals surface area contributed by atoms with E-state index in [2.05, 4.69) is 11.4 Å². The van der Waals surface area contributed by atoms with E-state index in [1.165, 1.54) is 18.4 Å². The Morgan fingerprint density at radius 1 is 0.923 bits per heavy atom. The molecule has 4 heteroatoms. The summed E-state index contributed by atoms with van der Waals surface area (Å²) in [5.74, 6) is -0.128. The van der Waals surface area contributed by atoms with Crippen molar-refractivity contribution in [3.63, 3.8) is 0 Å². The number of nitrogens with one attached hydrogen (secondary N) is 1. The molecule has 0 bridgehead atoms. The quantitative estimate of drug-likeness (QED) is 0.908. The monoisotopic (exact) mass is 350 g/mol. The predicted molar refractivity (Wildman–Crippen MR) is 103 cm³/mol. The van der Waals surface area contributed by atoms with Crippen LogP contribution in [-0.4, -0.2) is 29.8 Å². The van der Waals surface area contributed by atoms with Crippen molar-refractivity contribution >= 4 is 11.8 Å². The van der Waals surface area contributed by atoms with E-state index in [1.807, 2.05) is 30.0 Å². The second-order valence-corrected chi connectivity index (χ2v) is 6.96. The molecule has 1 saturated heterocycles. The standard InChI is InChI=1S/C22H26N2O2/c1-17-8-6-9-18(14-17)16-23-21(25)19-10-7-11-20(15-19)22(26)24-12-4-2-3-5-13-24/h6-11,14-15H,2-5,12-13,16H2,1H3,(H,23,25). The molecule has 1 fully saturated rings. The van der Waals surface area contributed by atoms with Crippen molar-refractivity contribution in [3.8, 4) is 0 Å². The van der Waals surface area contributed by atoms with Gasteiger partial charge in [0.15, 0.2) is 0 Å². The molecule has 2 aromatic rings. The molecule has 136 valence electrons. The van der Waals surface area contributed by atoms with E-state index in [-0.39, 0.29) is 11.8 Å². The number of nitrogens with zero attached hydrogens (tertiary/aromatic N) is 1. The molecule has 3 rings (SSSR count). The zero-order valence-corrected chi connectivity index (χ0v) is 15.3. The summed E-state index contributed by atoms with van der Waals surface area (Å²) in [5, 5.41) is 2.93. The molecule has 2 amide bonds. The van der Waals surface area contributed by atoms with Crippen LogP contribution in [0.3, 0.4) is 0 Å². The zero-order chi connectivity index (χ0) is 18.4. The molecule has 0 aromatic heterocycles. The number of amides is 2. The maximum Gasteiger partial charge on any atom is 0.253 e. The Labute approximate surface area is 155 Å². The largest absolute Gasteiger partial charge is 0.348 e. The van der Waals surface area contributed by atoms with Crippen LogP contribution in [0.1, 0.15) is 57.5 Å². The summed E-state index contributed by atoms with van der Waals surface area (Å²) >= 11 is 0. The predicted octanol–water partition coefficient (Wildman–Crippen LogP) is 3.94. The Hall–Kier alpha value is -2.62. The molecule has 0 unspecified atom stereocenters. The van der Waals surface area contributed by atoms with Crippen LogP contribution in [0.2, 0.25) is 0 Å². The van der Waals surface area contributed by atoms with Gasteiger partial charge in [0.2, 0.25) is 0 Å². The maximum atomic E-state index is 12.7. The highest BCUT2D eigenvalue weighted by Gasteiger charge is 2.18. The number of hydrogen-bond donors (Lipinski definition) is 1. The number of likely N-dealkylation sites (tertiary alicyclic amines) is 1. The Morgan fingerprint density at radius 3 is 2.35 bits per heavy atom. The molecule has 2 aromatic carbocycles. The van der Waals surface area contributed by atoms with Gasteiger partial charge in [-0.15, -0.1) is 0 Å². The summed E-state index contributed by atoms with van der Waals surface area (Å²) in [6, 6.07) is 15.1. The number of rotatable bonds is 4. The van der Waals surface area contributed by atoms with Gasteiger partial charge in [-0.2, -0.15) is 0 Å². The van der Waals surface area contributed by atoms with Crippen molar-refractivity contribution < 1.29 is 9.59 Å². The number of carbonyl (C=O) groups is 2. The van der Waals surface area contributed by atoms with E-state index in [4.69, 9.17) is 0 Å². The van der Waals surface area contributed by atoms with Crippen LogP contribution in [0.25, 0.3) is 0 Å². The van der Waals surface area contributed by atoms with Gasteiger partial charge in [0.1, 0.15) is 0 Å². The van der Waals surface area contributed by atoms with Crippen LogP contribution in [-0.2, 0) is 6.54 Å². The molecule has 0 atom stereocenters. The fourth-order valence-corrected chi connectivity index (χ4v) is 3.36. The second kappa shape index (κ2) is 8.65. The van der Waals surface area contributed by atoms with Gasteiger partial charge in [-0.1, -0.05) is 48.7 Å². The fraction of sp³-hybridized carbons (Fsp3) is 0.364. The molecule has 0 saturated carbocycles. The molecule has 4 nitrogen and oxygen atoms in total. The number of aryl methyl sites for hydroxylation is 1. The van der Waals surface area contributed by atoms with E-state index in [9.17, 15) is 9.59 Å². The van der Waals surface area contributed by atoms with Crippen LogP contribution in [0.4, 0.5) is 0 Å². The normalized spacial score (nSPS) is 14.6. The lowest BCUT2D eigenvalue weighted by Crippen LogP contribution is -2.32. The zero-order valence-electron chi connectivity index (χ0n) is 15.3. The van der Waals surface area contributed by atoms with E-state index < -0.39 is 0 Å². The van der Waals surface area contributed by atoms with Crippen molar-refractivity contribution in [2.45, 2.75) is 39.2 Å². The van der Waals surface area contributed by atoms with Gasteiger partial charge in [0.05, 0.1) is 0 Å². The molecular weight excluding hydrogens is 324 g/mol. The third-order valence-corrected chi connectivity index (χ3v) is 4.80. The highest BCUT2D eigenvalue weighted by Crippen LogP contribution is 2.15. The number of hydrogen-bond acceptors (Lipinski definition) is 2. The van der Waals surface area contributed by atoms with Gasteiger partial charge in [-0.05, 0) is 43.5 Å². The third kappa shape index (κ3) is 4.72. The highest BCUT2D eigenvalue weighted by molar-refractivity contribution is 5.99. The van der Waals surface area contributed by atoms with E-state index in [1.54, 1.807) is 24.3 Å². The molecule has 0 radical (unpaired) electrons. The van der Waals surface area contributed by atoms with Gasteiger partial charge < -0.3 is 10.2 Å². The summed E-state index contributed by atoms with van der Waals surface area (Å²) in [5.41, 5.74) is 3.35. The van der Waals surface area contributed by atoms with Crippen LogP contribution in [0.15, 0.2) is 48.5 Å². The first-order valence-electron chi connectivity index (χ1n) is 9.36. The maximum absolute atomic E-state index is 12.7. The lowest BCUT2D eigenvalue weighted by Gasteiger charge is -2.20. The molecule has 1 aliphatic heterocycles. The highest BCUT2D eigenvalue weighted by atomic mass is 16.2. The summed E-state index contributed by atoms with van der Waals surface area (Å²) in [6.07, 6.45) is 4.49. The Morgan fingerprint density at radius 2 is 1.62 bits per heavy atom. The van der Waals surface area contributed by atoms with Gasteiger partial charge in [0.25, 0.3) is 11.8 Å². The van der Waals surface area contributed by atoms with Crippen molar-refractivity contribution in [1.29, 1.82) is 0 Å². The lowest BCUT2D eigenvalue weighted by molar-refractivity contribution is 0.0761. The molecule has 1 heterocycles. The molecule has 0 spiro atoms. The summed E-state index contributed by atoms with van der Waals surface area (Å²) < 4.78 is 0. The first kappa shape index (κ1) is 18.2. The average Bonchev–Trinajstić information content (AvgIpc) is 2.95. The molecule has 1 N–H and O–H groups in total. The minimum absolute atomic E-state index is 0.0280. The van der Waals surface area contributed by atoms with Crippen molar-refractivity contribution in [1.82, 2.24) is 10.2 Å². The summed E-state index contributed by atoms with van der Waals surface area (Å²) in [4.78, 5) is 27.1. The van der Waals surface area contributed by atoms with Crippen LogP contribution < -0.4 is 5.32 Å². The Balaban J connectivity index is 1.66. The lowest BCUT2D eigenvalue weighted by atomic mass is 10.1. The van der Waals surface area contributed by atoms with Crippen LogP contribution >= 0.6 is 0 Å². The van der Waals surface area contributed by atoms with Gasteiger partial charge in [0, 0.05) is 30.8 Å². The molecule has 26 heavy (non-hydrogen) atoms. The van der Waals surface area contributed by atoms with Gasteiger partial charge in [-0.3, -0.25) is 9.59 Å². The average molecular weight is 350 g/mol. The molecular formula is C22H26N2O2. The first-order valence-corrected chi connectivity index (χ1v) is 9.36. The Bertz CT molecular complexity index is 777. The smallest absolute Gasteiger partial charge is 0.253 e. The van der Waals surface area contributed by atoms with E-state index in [0.717, 1.165) is 31.5 Å². The minimum atomic E-state index is -0.156. The fourth-order valence-electron chi connectivity index (χ4n) is 3.36. The van der Waals surface area contributed by atoms with Crippen LogP contribution in [0, 0.1) is 6.92 Å².